The molecule has 16 heavy (non-hydrogen) atoms. The summed E-state index contributed by atoms with van der Waals surface area (Å²) in [6, 6.07) is 1.99. The van der Waals surface area contributed by atoms with Crippen molar-refractivity contribution in [2.75, 3.05) is 7.05 Å². The van der Waals surface area contributed by atoms with Crippen LogP contribution in [0.25, 0.3) is 0 Å². The maximum Gasteiger partial charge on any atom is 0.330 e. The Labute approximate surface area is 101 Å². The van der Waals surface area contributed by atoms with E-state index in [1.165, 1.54) is 23.3 Å². The first-order valence-electron chi connectivity index (χ1n) is 4.39. The van der Waals surface area contributed by atoms with Crippen LogP contribution >= 0.6 is 22.9 Å². The lowest BCUT2D eigenvalue weighted by molar-refractivity contribution is -0.146. The number of hydrogen-bond acceptors (Lipinski definition) is 4. The van der Waals surface area contributed by atoms with E-state index >= 15 is 0 Å². The van der Waals surface area contributed by atoms with Crippen molar-refractivity contribution in [3.63, 3.8) is 0 Å². The molecule has 0 spiro atoms. The molecule has 0 aromatic carbocycles. The fourth-order valence-electron chi connectivity index (χ4n) is 1.09. The molecule has 1 unspecified atom stereocenters. The van der Waals surface area contributed by atoms with Crippen molar-refractivity contribution in [3.05, 3.63) is 21.3 Å². The molecule has 0 bridgehead atoms. The molecule has 0 aliphatic rings. The number of thiophene rings is 1. The highest BCUT2D eigenvalue weighted by atomic mass is 35.5. The minimum absolute atomic E-state index is 0.303. The summed E-state index contributed by atoms with van der Waals surface area (Å²) in [7, 11) is 1.50. The van der Waals surface area contributed by atoms with Gasteiger partial charge in [-0.05, 0) is 12.1 Å². The predicted molar refractivity (Wildman–Crippen MR) is 61.4 cm³/mol. The monoisotopic (exact) mass is 262 g/mol. The van der Waals surface area contributed by atoms with Crippen LogP contribution in [0, 0.1) is 0 Å². The maximum atomic E-state index is 11.5. The van der Waals surface area contributed by atoms with Crippen LogP contribution in [0.2, 0.25) is 4.34 Å². The van der Waals surface area contributed by atoms with Crippen LogP contribution in [-0.2, 0) is 16.1 Å². The number of halogens is 1. The summed E-state index contributed by atoms with van der Waals surface area (Å²) in [6.45, 7) is 0.303. The minimum Gasteiger partial charge on any atom is -0.480 e. The molecule has 3 N–H and O–H groups in total. The number of nitrogens with zero attached hydrogens (tertiary/aromatic N) is 1. The number of carbonyl (C=O) groups is 2. The second-order valence-corrected chi connectivity index (χ2v) is 5.02. The molecule has 0 saturated heterocycles. The molecule has 1 atom stereocenters. The van der Waals surface area contributed by atoms with Crippen molar-refractivity contribution < 1.29 is 14.7 Å². The summed E-state index contributed by atoms with van der Waals surface area (Å²) in [4.78, 5) is 24.1. The van der Waals surface area contributed by atoms with Gasteiger partial charge in [-0.1, -0.05) is 11.6 Å². The zero-order chi connectivity index (χ0) is 12.3. The number of carboxylic acid groups (broad SMARTS) is 1. The lowest BCUT2D eigenvalue weighted by Crippen LogP contribution is -2.46. The van der Waals surface area contributed by atoms with Crippen LogP contribution in [-0.4, -0.2) is 35.0 Å². The first kappa shape index (κ1) is 13.0. The SMILES string of the molecule is CN(Cc1ccc(Cl)s1)C(=O)C(N)C(=O)O. The molecule has 1 aromatic heterocycles. The topological polar surface area (TPSA) is 83.6 Å². The minimum atomic E-state index is -1.51. The van der Waals surface area contributed by atoms with Crippen LogP contribution in [0.3, 0.4) is 0 Å². The second-order valence-electron chi connectivity index (χ2n) is 3.22. The predicted octanol–water partition coefficient (Wildman–Crippen LogP) is 0.772. The summed E-state index contributed by atoms with van der Waals surface area (Å²) < 4.78 is 0.624. The summed E-state index contributed by atoms with van der Waals surface area (Å²) >= 11 is 7.07. The van der Waals surface area contributed by atoms with Crippen molar-refractivity contribution in [2.24, 2.45) is 5.73 Å². The molecule has 1 amide bonds. The Kier molecular flexibility index (Phi) is 4.28. The highest BCUT2D eigenvalue weighted by Gasteiger charge is 2.24. The van der Waals surface area contributed by atoms with Crippen LogP contribution in [0.5, 0.6) is 0 Å². The molecular weight excluding hydrogens is 252 g/mol. The number of carbonyl (C=O) groups excluding carboxylic acids is 1. The Balaban J connectivity index is 2.62. The number of rotatable bonds is 4. The van der Waals surface area contributed by atoms with E-state index < -0.39 is 17.9 Å². The van der Waals surface area contributed by atoms with Gasteiger partial charge in [-0.2, -0.15) is 0 Å². The first-order valence-corrected chi connectivity index (χ1v) is 5.59. The zero-order valence-corrected chi connectivity index (χ0v) is 10.1. The van der Waals surface area contributed by atoms with E-state index in [2.05, 4.69) is 0 Å². The maximum absolute atomic E-state index is 11.5. The fourth-order valence-corrected chi connectivity index (χ4v) is 2.23. The van der Waals surface area contributed by atoms with E-state index in [1.807, 2.05) is 0 Å². The molecule has 0 saturated carbocycles. The largest absolute Gasteiger partial charge is 0.480 e. The number of amides is 1. The van der Waals surface area contributed by atoms with Crippen LogP contribution in [0.15, 0.2) is 12.1 Å². The smallest absolute Gasteiger partial charge is 0.330 e. The molecule has 7 heteroatoms. The van der Waals surface area contributed by atoms with Gasteiger partial charge < -0.3 is 15.7 Å². The van der Waals surface area contributed by atoms with Gasteiger partial charge in [0, 0.05) is 11.9 Å². The van der Waals surface area contributed by atoms with E-state index in [9.17, 15) is 9.59 Å². The Morgan fingerprint density at radius 1 is 1.62 bits per heavy atom. The van der Waals surface area contributed by atoms with Crippen LogP contribution in [0.1, 0.15) is 4.88 Å². The van der Waals surface area contributed by atoms with Crippen LogP contribution in [0.4, 0.5) is 0 Å². The molecule has 1 aromatic rings. The van der Waals surface area contributed by atoms with Gasteiger partial charge in [-0.25, -0.2) is 4.79 Å². The lowest BCUT2D eigenvalue weighted by atomic mass is 10.3. The number of likely N-dealkylation sites (N-methyl/N-ethyl adjacent to an activating group) is 1. The van der Waals surface area contributed by atoms with Gasteiger partial charge in [0.05, 0.1) is 10.9 Å². The molecule has 0 radical (unpaired) electrons. The number of hydrogen-bond donors (Lipinski definition) is 2. The molecule has 5 nitrogen and oxygen atoms in total. The Morgan fingerprint density at radius 2 is 2.25 bits per heavy atom. The number of aliphatic carboxylic acids is 1. The molecular formula is C9H11ClN2O3S. The summed E-state index contributed by atoms with van der Waals surface area (Å²) in [5, 5.41) is 8.58. The highest BCUT2D eigenvalue weighted by Crippen LogP contribution is 2.22. The number of carboxylic acids is 1. The molecule has 88 valence electrons. The van der Waals surface area contributed by atoms with Gasteiger partial charge in [-0.15, -0.1) is 11.3 Å². The molecule has 1 heterocycles. The molecule has 0 aliphatic heterocycles. The van der Waals surface area contributed by atoms with Crippen molar-refractivity contribution in [2.45, 2.75) is 12.6 Å². The van der Waals surface area contributed by atoms with Crippen LogP contribution < -0.4 is 5.73 Å². The van der Waals surface area contributed by atoms with Crippen molar-refractivity contribution >= 4 is 34.8 Å². The summed E-state index contributed by atoms with van der Waals surface area (Å²) in [6.07, 6.45) is 0. The average Bonchev–Trinajstić information content (AvgIpc) is 2.61. The van der Waals surface area contributed by atoms with E-state index in [4.69, 9.17) is 22.4 Å². The average molecular weight is 263 g/mol. The van der Waals surface area contributed by atoms with Gasteiger partial charge in [0.1, 0.15) is 0 Å². The van der Waals surface area contributed by atoms with E-state index in [0.29, 0.717) is 10.9 Å². The van der Waals surface area contributed by atoms with Gasteiger partial charge in [0.2, 0.25) is 0 Å². The highest BCUT2D eigenvalue weighted by molar-refractivity contribution is 7.16. The standard InChI is InChI=1S/C9H11ClN2O3S/c1-12(8(13)7(11)9(14)15)4-5-2-3-6(10)16-5/h2-3,7H,4,11H2,1H3,(H,14,15). The summed E-state index contributed by atoms with van der Waals surface area (Å²) in [5.41, 5.74) is 5.21. The third-order valence-corrected chi connectivity index (χ3v) is 3.15. The van der Waals surface area contributed by atoms with Crippen molar-refractivity contribution in [1.29, 1.82) is 0 Å². The van der Waals surface area contributed by atoms with Gasteiger partial charge >= 0.3 is 5.97 Å². The quantitative estimate of drug-likeness (QED) is 0.785. The van der Waals surface area contributed by atoms with Crippen molar-refractivity contribution in [1.82, 2.24) is 4.90 Å². The third-order valence-electron chi connectivity index (χ3n) is 1.93. The Bertz CT molecular complexity index is 407. The van der Waals surface area contributed by atoms with Gasteiger partial charge in [-0.3, -0.25) is 4.79 Å². The first-order chi connectivity index (χ1) is 7.41. The fraction of sp³-hybridized carbons (Fsp3) is 0.333. The van der Waals surface area contributed by atoms with E-state index in [0.717, 1.165) is 4.88 Å². The normalized spacial score (nSPS) is 12.2. The van der Waals surface area contributed by atoms with Gasteiger partial charge in [0.15, 0.2) is 6.04 Å². The Morgan fingerprint density at radius 3 is 2.69 bits per heavy atom. The molecule has 0 fully saturated rings. The summed E-state index contributed by atoms with van der Waals surface area (Å²) in [5.74, 6) is -1.96. The Hall–Kier alpha value is -1.11. The molecule has 0 aliphatic carbocycles. The second kappa shape index (κ2) is 5.29. The lowest BCUT2D eigenvalue weighted by Gasteiger charge is -2.18. The van der Waals surface area contributed by atoms with Gasteiger partial charge in [0.25, 0.3) is 5.91 Å². The third kappa shape index (κ3) is 3.19. The molecule has 1 rings (SSSR count). The zero-order valence-electron chi connectivity index (χ0n) is 8.51. The van der Waals surface area contributed by atoms with E-state index in [-0.39, 0.29) is 0 Å². The van der Waals surface area contributed by atoms with Crippen molar-refractivity contribution in [3.8, 4) is 0 Å². The number of nitrogens with two attached hydrogens (primary N) is 1. The van der Waals surface area contributed by atoms with E-state index in [1.54, 1.807) is 12.1 Å².